The van der Waals surface area contributed by atoms with E-state index in [0.29, 0.717) is 36.6 Å². The van der Waals surface area contributed by atoms with Gasteiger partial charge in [-0.3, -0.25) is 9.59 Å². The van der Waals surface area contributed by atoms with Crippen molar-refractivity contribution < 1.29 is 29.0 Å². The van der Waals surface area contributed by atoms with Gasteiger partial charge in [-0.25, -0.2) is 9.59 Å². The number of carbonyl (C=O) groups excluding carboxylic acids is 3. The number of aliphatic carboxylic acids is 1. The SMILES string of the molecule is COc1cc(CC(=O)CNCCCN(C)C(=O)NC(C)CC(=O)O)ccc1NC(=O)Nc1ccccc1C. The van der Waals surface area contributed by atoms with Gasteiger partial charge in [0.05, 0.1) is 25.8 Å². The highest BCUT2D eigenvalue weighted by molar-refractivity contribution is 6.01. The number of ketones is 1. The standard InChI is InChI=1S/C27H37N5O6/c1-18-8-5-6-9-22(18)30-26(36)31-23-11-10-20(16-24(23)38-4)15-21(33)17-28-12-7-13-32(3)27(37)29-19(2)14-25(34)35/h5-6,8-11,16,19,28H,7,12-15,17H2,1-4H3,(H,29,37)(H,34,35)(H2,30,31,36). The van der Waals surface area contributed by atoms with Crippen LogP contribution in [0.5, 0.6) is 5.75 Å². The highest BCUT2D eigenvalue weighted by Gasteiger charge is 2.14. The third-order valence-corrected chi connectivity index (χ3v) is 5.68. The Hall–Kier alpha value is -4.12. The molecule has 0 spiro atoms. The summed E-state index contributed by atoms with van der Waals surface area (Å²) in [7, 11) is 3.13. The van der Waals surface area contributed by atoms with Crippen molar-refractivity contribution in [2.24, 2.45) is 0 Å². The van der Waals surface area contributed by atoms with E-state index in [9.17, 15) is 19.2 Å². The highest BCUT2D eigenvalue weighted by Crippen LogP contribution is 2.26. The van der Waals surface area contributed by atoms with Crippen LogP contribution in [0.2, 0.25) is 0 Å². The minimum absolute atomic E-state index is 0.0151. The molecule has 38 heavy (non-hydrogen) atoms. The Morgan fingerprint density at radius 1 is 1.05 bits per heavy atom. The van der Waals surface area contributed by atoms with Gasteiger partial charge < -0.3 is 36.0 Å². The van der Waals surface area contributed by atoms with Crippen LogP contribution in [0.25, 0.3) is 0 Å². The lowest BCUT2D eigenvalue weighted by Gasteiger charge is -2.20. The molecule has 11 heteroatoms. The summed E-state index contributed by atoms with van der Waals surface area (Å²) in [6.07, 6.45) is 0.684. The Kier molecular flexibility index (Phi) is 12.0. The van der Waals surface area contributed by atoms with Crippen molar-refractivity contribution >= 4 is 35.2 Å². The van der Waals surface area contributed by atoms with Crippen LogP contribution in [0.15, 0.2) is 42.5 Å². The molecule has 2 rings (SSSR count). The lowest BCUT2D eigenvalue weighted by atomic mass is 10.1. The van der Waals surface area contributed by atoms with Crippen LogP contribution in [0, 0.1) is 6.92 Å². The summed E-state index contributed by atoms with van der Waals surface area (Å²) < 4.78 is 5.40. The first-order valence-electron chi connectivity index (χ1n) is 12.4. The molecular formula is C27H37N5O6. The molecule has 0 aliphatic heterocycles. The number of urea groups is 2. The number of hydrogen-bond donors (Lipinski definition) is 5. The maximum Gasteiger partial charge on any atom is 0.323 e. The van der Waals surface area contributed by atoms with Gasteiger partial charge in [-0.2, -0.15) is 0 Å². The molecule has 1 atom stereocenters. The number of amides is 4. The molecule has 0 fully saturated rings. The first-order valence-corrected chi connectivity index (χ1v) is 12.4. The zero-order valence-electron chi connectivity index (χ0n) is 22.3. The van der Waals surface area contributed by atoms with Gasteiger partial charge in [0, 0.05) is 31.7 Å². The molecule has 11 nitrogen and oxygen atoms in total. The Bertz CT molecular complexity index is 1120. The van der Waals surface area contributed by atoms with Crippen molar-refractivity contribution in [3.05, 3.63) is 53.6 Å². The van der Waals surface area contributed by atoms with Crippen LogP contribution >= 0.6 is 0 Å². The molecule has 5 N–H and O–H groups in total. The molecule has 206 valence electrons. The van der Waals surface area contributed by atoms with E-state index in [4.69, 9.17) is 9.84 Å². The number of aryl methyl sites for hydroxylation is 1. The van der Waals surface area contributed by atoms with Crippen LogP contribution < -0.4 is 26.0 Å². The molecule has 0 saturated carbocycles. The molecular weight excluding hydrogens is 490 g/mol. The van der Waals surface area contributed by atoms with E-state index in [2.05, 4.69) is 21.3 Å². The smallest absolute Gasteiger partial charge is 0.323 e. The van der Waals surface area contributed by atoms with E-state index in [1.807, 2.05) is 31.2 Å². The first-order chi connectivity index (χ1) is 18.1. The van der Waals surface area contributed by atoms with Crippen LogP contribution in [0.3, 0.4) is 0 Å². The monoisotopic (exact) mass is 527 g/mol. The van der Waals surface area contributed by atoms with Gasteiger partial charge in [-0.05, 0) is 56.1 Å². The van der Waals surface area contributed by atoms with Crippen LogP contribution in [-0.2, 0) is 16.0 Å². The van der Waals surface area contributed by atoms with Crippen LogP contribution in [0.4, 0.5) is 21.0 Å². The number of methoxy groups -OCH3 is 1. The predicted octanol–water partition coefficient (Wildman–Crippen LogP) is 3.24. The molecule has 2 aromatic carbocycles. The van der Waals surface area contributed by atoms with Gasteiger partial charge in [0.25, 0.3) is 0 Å². The number of rotatable bonds is 14. The molecule has 0 aliphatic carbocycles. The maximum atomic E-state index is 12.4. The minimum atomic E-state index is -0.971. The Balaban J connectivity index is 1.74. The van der Waals surface area contributed by atoms with Crippen molar-refractivity contribution in [3.8, 4) is 5.75 Å². The summed E-state index contributed by atoms with van der Waals surface area (Å²) in [6, 6.07) is 11.4. The molecule has 2 aromatic rings. The second-order valence-corrected chi connectivity index (χ2v) is 9.04. The third kappa shape index (κ3) is 10.5. The first kappa shape index (κ1) is 30.1. The molecule has 4 amide bonds. The van der Waals surface area contributed by atoms with E-state index in [1.165, 1.54) is 12.0 Å². The molecule has 0 radical (unpaired) electrons. The van der Waals surface area contributed by atoms with Gasteiger partial charge in [0.1, 0.15) is 5.75 Å². The Morgan fingerprint density at radius 3 is 2.45 bits per heavy atom. The van der Waals surface area contributed by atoms with Crippen molar-refractivity contribution in [2.75, 3.05) is 44.4 Å². The van der Waals surface area contributed by atoms with Crippen LogP contribution in [-0.4, -0.2) is 73.7 Å². The fourth-order valence-electron chi connectivity index (χ4n) is 3.63. The summed E-state index contributed by atoms with van der Waals surface area (Å²) in [4.78, 5) is 49.1. The number of benzene rings is 2. The fraction of sp³-hybridized carbons (Fsp3) is 0.407. The van der Waals surface area contributed by atoms with E-state index < -0.39 is 18.0 Å². The van der Waals surface area contributed by atoms with Gasteiger partial charge >= 0.3 is 18.0 Å². The number of ether oxygens (including phenoxy) is 1. The van der Waals surface area contributed by atoms with E-state index in [1.54, 1.807) is 32.2 Å². The lowest BCUT2D eigenvalue weighted by molar-refractivity contribution is -0.137. The summed E-state index contributed by atoms with van der Waals surface area (Å²) in [5.74, 6) is -0.539. The summed E-state index contributed by atoms with van der Waals surface area (Å²) in [5, 5.41) is 20.1. The second-order valence-electron chi connectivity index (χ2n) is 9.04. The number of hydrogen-bond acceptors (Lipinski definition) is 6. The molecule has 0 bridgehead atoms. The Morgan fingerprint density at radius 2 is 1.76 bits per heavy atom. The van der Waals surface area contributed by atoms with Crippen molar-refractivity contribution in [1.82, 2.24) is 15.5 Å². The number of nitrogens with zero attached hydrogens (tertiary/aromatic N) is 1. The number of para-hydroxylation sites is 1. The summed E-state index contributed by atoms with van der Waals surface area (Å²) in [5.41, 5.74) is 2.89. The number of Topliss-reactive ketones (excluding diaryl/α,β-unsaturated/α-hetero) is 1. The van der Waals surface area contributed by atoms with Gasteiger partial charge in [-0.1, -0.05) is 24.3 Å². The number of carboxylic acids is 1. The van der Waals surface area contributed by atoms with Crippen LogP contribution in [0.1, 0.15) is 30.9 Å². The predicted molar refractivity (Wildman–Crippen MR) is 146 cm³/mol. The molecule has 0 heterocycles. The zero-order valence-corrected chi connectivity index (χ0v) is 22.3. The topological polar surface area (TPSA) is 149 Å². The van der Waals surface area contributed by atoms with Crippen molar-refractivity contribution in [3.63, 3.8) is 0 Å². The average Bonchev–Trinajstić information content (AvgIpc) is 2.85. The lowest BCUT2D eigenvalue weighted by Crippen LogP contribution is -2.43. The molecule has 0 aromatic heterocycles. The Labute approximate surface area is 222 Å². The zero-order chi connectivity index (χ0) is 28.1. The highest BCUT2D eigenvalue weighted by atomic mass is 16.5. The molecule has 0 aliphatic rings. The van der Waals surface area contributed by atoms with Gasteiger partial charge in [0.15, 0.2) is 5.78 Å². The summed E-state index contributed by atoms with van der Waals surface area (Å²) >= 11 is 0. The third-order valence-electron chi connectivity index (χ3n) is 5.68. The van der Waals surface area contributed by atoms with E-state index in [-0.39, 0.29) is 31.2 Å². The van der Waals surface area contributed by atoms with E-state index >= 15 is 0 Å². The normalized spacial score (nSPS) is 11.3. The largest absolute Gasteiger partial charge is 0.495 e. The van der Waals surface area contributed by atoms with Gasteiger partial charge in [0.2, 0.25) is 0 Å². The number of carbonyl (C=O) groups is 4. The average molecular weight is 528 g/mol. The van der Waals surface area contributed by atoms with E-state index in [0.717, 1.165) is 11.1 Å². The second kappa shape index (κ2) is 15.2. The quantitative estimate of drug-likeness (QED) is 0.237. The number of anilines is 2. The van der Waals surface area contributed by atoms with Crippen molar-refractivity contribution in [2.45, 2.75) is 39.2 Å². The molecule has 1 unspecified atom stereocenters. The van der Waals surface area contributed by atoms with Crippen molar-refractivity contribution in [1.29, 1.82) is 0 Å². The maximum absolute atomic E-state index is 12.4. The molecule has 0 saturated heterocycles. The number of nitrogens with one attached hydrogen (secondary N) is 4. The minimum Gasteiger partial charge on any atom is -0.495 e. The van der Waals surface area contributed by atoms with Gasteiger partial charge in [-0.15, -0.1) is 0 Å². The fourth-order valence-corrected chi connectivity index (χ4v) is 3.63. The summed E-state index contributed by atoms with van der Waals surface area (Å²) in [6.45, 7) is 4.71. The number of carboxylic acid groups (broad SMARTS) is 1.